The van der Waals surface area contributed by atoms with Gasteiger partial charge in [-0.25, -0.2) is 9.18 Å². The Balaban J connectivity index is 2.41. The van der Waals surface area contributed by atoms with Gasteiger partial charge in [-0.3, -0.25) is 0 Å². The summed E-state index contributed by atoms with van der Waals surface area (Å²) >= 11 is 6.05. The standard InChI is InChI=1S/C16H12ClFO3/c1-10-5-7-14(12(17)9-10)21-16-11(6-8-15(19)20)3-2-4-13(16)18/h2-9H,1H3,(H,19,20)/b8-6+. The van der Waals surface area contributed by atoms with E-state index in [2.05, 4.69) is 0 Å². The molecule has 0 heterocycles. The molecule has 0 bridgehead atoms. The van der Waals surface area contributed by atoms with Gasteiger partial charge < -0.3 is 9.84 Å². The number of rotatable bonds is 4. The molecular formula is C16H12ClFO3. The number of hydrogen-bond donors (Lipinski definition) is 1. The number of aliphatic carboxylic acids is 1. The fraction of sp³-hybridized carbons (Fsp3) is 0.0625. The highest BCUT2D eigenvalue weighted by Gasteiger charge is 2.11. The largest absolute Gasteiger partial charge is 0.478 e. The first kappa shape index (κ1) is 15.1. The van der Waals surface area contributed by atoms with Gasteiger partial charge in [0.1, 0.15) is 5.75 Å². The van der Waals surface area contributed by atoms with Crippen molar-refractivity contribution < 1.29 is 19.0 Å². The fourth-order valence-electron chi connectivity index (χ4n) is 1.72. The number of ether oxygens (including phenoxy) is 1. The molecule has 5 heteroatoms. The van der Waals surface area contributed by atoms with Crippen LogP contribution in [0, 0.1) is 12.7 Å². The van der Waals surface area contributed by atoms with Crippen LogP contribution in [-0.2, 0) is 4.79 Å². The summed E-state index contributed by atoms with van der Waals surface area (Å²) in [5, 5.41) is 9.01. The first-order valence-electron chi connectivity index (χ1n) is 6.11. The average molecular weight is 307 g/mol. The van der Waals surface area contributed by atoms with E-state index in [1.165, 1.54) is 18.2 Å². The van der Waals surface area contributed by atoms with Crippen LogP contribution in [0.5, 0.6) is 11.5 Å². The van der Waals surface area contributed by atoms with Gasteiger partial charge in [-0.2, -0.15) is 0 Å². The first-order chi connectivity index (χ1) is 9.97. The minimum atomic E-state index is -1.13. The summed E-state index contributed by atoms with van der Waals surface area (Å²) in [5.74, 6) is -1.49. The summed E-state index contributed by atoms with van der Waals surface area (Å²) in [6.45, 7) is 1.87. The lowest BCUT2D eigenvalue weighted by atomic mass is 10.1. The van der Waals surface area contributed by atoms with Gasteiger partial charge in [-0.05, 0) is 36.8 Å². The highest BCUT2D eigenvalue weighted by Crippen LogP contribution is 2.34. The Morgan fingerprint density at radius 3 is 2.76 bits per heavy atom. The molecule has 0 spiro atoms. The smallest absolute Gasteiger partial charge is 0.328 e. The van der Waals surface area contributed by atoms with Crippen LogP contribution in [0.25, 0.3) is 6.08 Å². The van der Waals surface area contributed by atoms with Gasteiger partial charge in [-0.15, -0.1) is 0 Å². The van der Waals surface area contributed by atoms with Crippen LogP contribution in [-0.4, -0.2) is 11.1 Å². The number of carbonyl (C=O) groups is 1. The van der Waals surface area contributed by atoms with Crippen LogP contribution in [0.2, 0.25) is 5.02 Å². The maximum absolute atomic E-state index is 13.9. The van der Waals surface area contributed by atoms with Crippen molar-refractivity contribution in [1.29, 1.82) is 0 Å². The molecule has 21 heavy (non-hydrogen) atoms. The van der Waals surface area contributed by atoms with Crippen LogP contribution >= 0.6 is 11.6 Å². The molecule has 2 aromatic carbocycles. The first-order valence-corrected chi connectivity index (χ1v) is 6.48. The van der Waals surface area contributed by atoms with Gasteiger partial charge in [0.2, 0.25) is 0 Å². The van der Waals surface area contributed by atoms with E-state index in [-0.39, 0.29) is 5.75 Å². The predicted molar refractivity (Wildman–Crippen MR) is 79.3 cm³/mol. The fourth-order valence-corrected chi connectivity index (χ4v) is 2.00. The monoisotopic (exact) mass is 306 g/mol. The van der Waals surface area contributed by atoms with E-state index >= 15 is 0 Å². The van der Waals surface area contributed by atoms with E-state index in [4.69, 9.17) is 21.4 Å². The molecule has 0 aliphatic heterocycles. The highest BCUT2D eigenvalue weighted by molar-refractivity contribution is 6.32. The van der Waals surface area contributed by atoms with Crippen LogP contribution in [0.1, 0.15) is 11.1 Å². The van der Waals surface area contributed by atoms with E-state index in [9.17, 15) is 9.18 Å². The second kappa shape index (κ2) is 6.41. The number of halogens is 2. The van der Waals surface area contributed by atoms with E-state index in [0.29, 0.717) is 16.3 Å². The lowest BCUT2D eigenvalue weighted by Crippen LogP contribution is -1.93. The molecule has 0 radical (unpaired) electrons. The van der Waals surface area contributed by atoms with Crippen LogP contribution < -0.4 is 4.74 Å². The maximum Gasteiger partial charge on any atom is 0.328 e. The summed E-state index contributed by atoms with van der Waals surface area (Å²) in [7, 11) is 0. The van der Waals surface area contributed by atoms with E-state index in [1.807, 2.05) is 6.92 Å². The average Bonchev–Trinajstić information content (AvgIpc) is 2.42. The van der Waals surface area contributed by atoms with Gasteiger partial charge in [0.25, 0.3) is 0 Å². The quantitative estimate of drug-likeness (QED) is 0.834. The van der Waals surface area contributed by atoms with Crippen molar-refractivity contribution >= 4 is 23.6 Å². The molecule has 0 fully saturated rings. The summed E-state index contributed by atoms with van der Waals surface area (Å²) in [5.41, 5.74) is 1.26. The van der Waals surface area contributed by atoms with Gasteiger partial charge in [0.05, 0.1) is 5.02 Å². The van der Waals surface area contributed by atoms with Crippen molar-refractivity contribution in [2.24, 2.45) is 0 Å². The van der Waals surface area contributed by atoms with E-state index in [0.717, 1.165) is 11.6 Å². The second-order valence-electron chi connectivity index (χ2n) is 4.37. The molecule has 2 aromatic rings. The van der Waals surface area contributed by atoms with Crippen molar-refractivity contribution in [2.75, 3.05) is 0 Å². The molecule has 0 saturated carbocycles. The molecule has 0 amide bonds. The number of benzene rings is 2. The Morgan fingerprint density at radius 1 is 1.33 bits per heavy atom. The number of aryl methyl sites for hydroxylation is 1. The van der Waals surface area contributed by atoms with Crippen molar-refractivity contribution in [2.45, 2.75) is 6.92 Å². The molecule has 0 saturated heterocycles. The lowest BCUT2D eigenvalue weighted by molar-refractivity contribution is -0.131. The zero-order valence-electron chi connectivity index (χ0n) is 11.1. The minimum Gasteiger partial charge on any atom is -0.478 e. The highest BCUT2D eigenvalue weighted by atomic mass is 35.5. The molecular weight excluding hydrogens is 295 g/mol. The van der Waals surface area contributed by atoms with Crippen molar-refractivity contribution in [3.05, 3.63) is 64.4 Å². The van der Waals surface area contributed by atoms with Crippen molar-refractivity contribution in [1.82, 2.24) is 0 Å². The molecule has 0 atom stereocenters. The molecule has 2 rings (SSSR count). The maximum atomic E-state index is 13.9. The van der Waals surface area contributed by atoms with Gasteiger partial charge in [-0.1, -0.05) is 29.8 Å². The molecule has 1 N–H and O–H groups in total. The number of carboxylic acids is 1. The minimum absolute atomic E-state index is 0.0687. The van der Waals surface area contributed by atoms with Gasteiger partial charge in [0.15, 0.2) is 11.6 Å². The Morgan fingerprint density at radius 2 is 2.10 bits per heavy atom. The molecule has 0 aromatic heterocycles. The van der Waals surface area contributed by atoms with Crippen molar-refractivity contribution in [3.8, 4) is 11.5 Å². The number of para-hydroxylation sites is 1. The van der Waals surface area contributed by atoms with E-state index < -0.39 is 11.8 Å². The topological polar surface area (TPSA) is 46.5 Å². The van der Waals surface area contributed by atoms with Crippen LogP contribution in [0.3, 0.4) is 0 Å². The number of hydrogen-bond acceptors (Lipinski definition) is 2. The third kappa shape index (κ3) is 3.83. The molecule has 108 valence electrons. The molecule has 0 aliphatic rings. The summed E-state index contributed by atoms with van der Waals surface area (Å²) in [6, 6.07) is 9.38. The van der Waals surface area contributed by atoms with Crippen LogP contribution in [0.15, 0.2) is 42.5 Å². The molecule has 0 unspecified atom stereocenters. The number of carboxylic acid groups (broad SMARTS) is 1. The lowest BCUT2D eigenvalue weighted by Gasteiger charge is -2.11. The van der Waals surface area contributed by atoms with E-state index in [1.54, 1.807) is 24.3 Å². The van der Waals surface area contributed by atoms with Gasteiger partial charge in [0, 0.05) is 11.6 Å². The van der Waals surface area contributed by atoms with Crippen LogP contribution in [0.4, 0.5) is 4.39 Å². The van der Waals surface area contributed by atoms with Crippen molar-refractivity contribution in [3.63, 3.8) is 0 Å². The summed E-state index contributed by atoms with van der Waals surface area (Å²) < 4.78 is 19.4. The normalized spacial score (nSPS) is 10.8. The molecule has 0 aliphatic carbocycles. The Kier molecular flexibility index (Phi) is 4.60. The Hall–Kier alpha value is -2.33. The third-order valence-corrected chi connectivity index (χ3v) is 3.00. The second-order valence-corrected chi connectivity index (χ2v) is 4.77. The summed E-state index contributed by atoms with van der Waals surface area (Å²) in [6.07, 6.45) is 2.18. The zero-order chi connectivity index (χ0) is 15.4. The van der Waals surface area contributed by atoms with Gasteiger partial charge >= 0.3 is 5.97 Å². The molecule has 3 nitrogen and oxygen atoms in total. The SMILES string of the molecule is Cc1ccc(Oc2c(F)cccc2/C=C/C(=O)O)c(Cl)c1. The Bertz CT molecular complexity index is 711. The third-order valence-electron chi connectivity index (χ3n) is 2.70. The zero-order valence-corrected chi connectivity index (χ0v) is 11.9. The summed E-state index contributed by atoms with van der Waals surface area (Å²) in [4.78, 5) is 10.6. The predicted octanol–water partition coefficient (Wildman–Crippen LogP) is 4.68. The Labute approximate surface area is 126 Å².